The smallest absolute Gasteiger partial charge is 0.410 e. The molecule has 0 unspecified atom stereocenters. The van der Waals surface area contributed by atoms with Crippen LogP contribution in [0.4, 0.5) is 10.7 Å². The van der Waals surface area contributed by atoms with Crippen LogP contribution in [-0.4, -0.2) is 63.0 Å². The summed E-state index contributed by atoms with van der Waals surface area (Å²) in [6, 6.07) is 9.14. The molecule has 9 heteroatoms. The molecule has 3 rings (SSSR count). The van der Waals surface area contributed by atoms with Gasteiger partial charge < -0.3 is 14.5 Å². The van der Waals surface area contributed by atoms with E-state index in [4.69, 9.17) is 10.00 Å². The van der Waals surface area contributed by atoms with Crippen molar-refractivity contribution in [2.45, 2.75) is 26.4 Å². The van der Waals surface area contributed by atoms with E-state index < -0.39 is 5.60 Å². The number of rotatable bonds is 2. The average molecular weight is 355 g/mol. The number of piperazine rings is 1. The van der Waals surface area contributed by atoms with Crippen LogP contribution in [-0.2, 0) is 4.74 Å². The number of hydrogen-bond acceptors (Lipinski definition) is 7. The third kappa shape index (κ3) is 3.91. The molecule has 0 saturated carbocycles. The Bertz CT molecular complexity index is 809. The summed E-state index contributed by atoms with van der Waals surface area (Å²) in [6.45, 7) is 7.85. The molecule has 136 valence electrons. The standard InChI is InChI=1S/C17H21N7O2/c1-17(2,3)26-16(25)23-10-8-22(9-11-23)15-19-20-21-24(15)14-6-4-13(12-18)5-7-14/h4-7H,8-11H2,1-3H3. The summed E-state index contributed by atoms with van der Waals surface area (Å²) in [6.07, 6.45) is -0.302. The summed E-state index contributed by atoms with van der Waals surface area (Å²) in [7, 11) is 0. The Morgan fingerprint density at radius 2 is 1.81 bits per heavy atom. The number of hydrogen-bond donors (Lipinski definition) is 0. The summed E-state index contributed by atoms with van der Waals surface area (Å²) in [4.78, 5) is 15.9. The number of carbonyl (C=O) groups is 1. The van der Waals surface area contributed by atoms with E-state index in [0.29, 0.717) is 37.7 Å². The molecule has 2 aromatic rings. The van der Waals surface area contributed by atoms with Gasteiger partial charge in [-0.2, -0.15) is 9.94 Å². The predicted octanol–water partition coefficient (Wildman–Crippen LogP) is 1.59. The van der Waals surface area contributed by atoms with Gasteiger partial charge in [-0.25, -0.2) is 4.79 Å². The molecule has 1 fully saturated rings. The zero-order chi connectivity index (χ0) is 18.7. The van der Waals surface area contributed by atoms with Gasteiger partial charge in [0.15, 0.2) is 0 Å². The number of anilines is 1. The molecular formula is C17H21N7O2. The summed E-state index contributed by atoms with van der Waals surface area (Å²) >= 11 is 0. The number of nitriles is 1. The molecular weight excluding hydrogens is 334 g/mol. The van der Waals surface area contributed by atoms with E-state index in [-0.39, 0.29) is 6.09 Å². The number of nitrogens with zero attached hydrogens (tertiary/aromatic N) is 7. The highest BCUT2D eigenvalue weighted by atomic mass is 16.6. The average Bonchev–Trinajstić information content (AvgIpc) is 3.10. The van der Waals surface area contributed by atoms with Gasteiger partial charge in [-0.05, 0) is 55.5 Å². The van der Waals surface area contributed by atoms with Crippen molar-refractivity contribution in [3.05, 3.63) is 29.8 Å². The molecule has 1 aliphatic heterocycles. The van der Waals surface area contributed by atoms with E-state index in [2.05, 4.69) is 21.6 Å². The molecule has 0 spiro atoms. The van der Waals surface area contributed by atoms with Crippen molar-refractivity contribution in [1.29, 1.82) is 5.26 Å². The second kappa shape index (κ2) is 7.00. The quantitative estimate of drug-likeness (QED) is 0.806. The number of ether oxygens (including phenoxy) is 1. The Morgan fingerprint density at radius 3 is 2.38 bits per heavy atom. The summed E-state index contributed by atoms with van der Waals surface area (Å²) in [5.41, 5.74) is 0.849. The first-order chi connectivity index (χ1) is 12.4. The minimum absolute atomic E-state index is 0.302. The van der Waals surface area contributed by atoms with Crippen molar-refractivity contribution >= 4 is 12.0 Å². The Kier molecular flexibility index (Phi) is 4.75. The molecule has 9 nitrogen and oxygen atoms in total. The van der Waals surface area contributed by atoms with Crippen molar-refractivity contribution in [2.75, 3.05) is 31.1 Å². The van der Waals surface area contributed by atoms with Crippen LogP contribution >= 0.6 is 0 Å². The zero-order valence-corrected chi connectivity index (χ0v) is 15.1. The Hall–Kier alpha value is -3.15. The summed E-state index contributed by atoms with van der Waals surface area (Å²) in [5, 5.41) is 20.8. The molecule has 2 heterocycles. The highest BCUT2D eigenvalue weighted by molar-refractivity contribution is 5.68. The van der Waals surface area contributed by atoms with E-state index in [9.17, 15) is 4.79 Å². The third-order valence-corrected chi connectivity index (χ3v) is 3.91. The van der Waals surface area contributed by atoms with Gasteiger partial charge in [-0.1, -0.05) is 5.10 Å². The molecule has 1 saturated heterocycles. The van der Waals surface area contributed by atoms with Crippen LogP contribution in [0.25, 0.3) is 5.69 Å². The van der Waals surface area contributed by atoms with Crippen molar-refractivity contribution < 1.29 is 9.53 Å². The predicted molar refractivity (Wildman–Crippen MR) is 93.9 cm³/mol. The van der Waals surface area contributed by atoms with Gasteiger partial charge >= 0.3 is 6.09 Å². The number of amides is 1. The number of tetrazole rings is 1. The number of carbonyl (C=O) groups excluding carboxylic acids is 1. The topological polar surface area (TPSA) is 100 Å². The first-order valence-corrected chi connectivity index (χ1v) is 8.39. The second-order valence-electron chi connectivity index (χ2n) is 7.00. The second-order valence-corrected chi connectivity index (χ2v) is 7.00. The van der Waals surface area contributed by atoms with E-state index >= 15 is 0 Å². The largest absolute Gasteiger partial charge is 0.444 e. The zero-order valence-electron chi connectivity index (χ0n) is 15.1. The van der Waals surface area contributed by atoms with Gasteiger partial charge in [0.05, 0.1) is 17.3 Å². The Morgan fingerprint density at radius 1 is 1.15 bits per heavy atom. The lowest BCUT2D eigenvalue weighted by atomic mass is 10.2. The first kappa shape index (κ1) is 17.7. The third-order valence-electron chi connectivity index (χ3n) is 3.91. The molecule has 1 aliphatic rings. The van der Waals surface area contributed by atoms with Crippen LogP contribution in [0.15, 0.2) is 24.3 Å². The first-order valence-electron chi connectivity index (χ1n) is 8.39. The summed E-state index contributed by atoms with van der Waals surface area (Å²) < 4.78 is 7.04. The fraction of sp³-hybridized carbons (Fsp3) is 0.471. The lowest BCUT2D eigenvalue weighted by Gasteiger charge is -2.35. The number of benzene rings is 1. The maximum Gasteiger partial charge on any atom is 0.410 e. The van der Waals surface area contributed by atoms with Gasteiger partial charge in [-0.3, -0.25) is 0 Å². The molecule has 1 aromatic heterocycles. The summed E-state index contributed by atoms with van der Waals surface area (Å²) in [5.74, 6) is 0.610. The fourth-order valence-corrected chi connectivity index (χ4v) is 2.64. The molecule has 0 atom stereocenters. The van der Waals surface area contributed by atoms with Crippen molar-refractivity contribution in [2.24, 2.45) is 0 Å². The highest BCUT2D eigenvalue weighted by Crippen LogP contribution is 2.18. The molecule has 1 amide bonds. The lowest BCUT2D eigenvalue weighted by Crippen LogP contribution is -2.50. The molecule has 26 heavy (non-hydrogen) atoms. The molecule has 1 aromatic carbocycles. The van der Waals surface area contributed by atoms with Crippen molar-refractivity contribution in [1.82, 2.24) is 25.1 Å². The normalized spacial score (nSPS) is 14.8. The monoisotopic (exact) mass is 355 g/mol. The van der Waals surface area contributed by atoms with E-state index in [1.807, 2.05) is 25.7 Å². The maximum absolute atomic E-state index is 12.2. The van der Waals surface area contributed by atoms with Gasteiger partial charge in [-0.15, -0.1) is 0 Å². The molecule has 0 aliphatic carbocycles. The van der Waals surface area contributed by atoms with Gasteiger partial charge in [0.25, 0.3) is 0 Å². The lowest BCUT2D eigenvalue weighted by molar-refractivity contribution is 0.0240. The van der Waals surface area contributed by atoms with Crippen LogP contribution in [0.2, 0.25) is 0 Å². The minimum Gasteiger partial charge on any atom is -0.444 e. The van der Waals surface area contributed by atoms with Crippen LogP contribution in [0, 0.1) is 11.3 Å². The maximum atomic E-state index is 12.2. The van der Waals surface area contributed by atoms with E-state index in [1.165, 1.54) is 0 Å². The number of aromatic nitrogens is 4. The van der Waals surface area contributed by atoms with Crippen molar-refractivity contribution in [3.8, 4) is 11.8 Å². The molecule has 0 bridgehead atoms. The Labute approximate surface area is 151 Å². The Balaban J connectivity index is 1.68. The van der Waals surface area contributed by atoms with Crippen LogP contribution in [0.3, 0.4) is 0 Å². The molecule has 0 radical (unpaired) electrons. The van der Waals surface area contributed by atoms with Gasteiger partial charge in [0.1, 0.15) is 5.60 Å². The minimum atomic E-state index is -0.506. The van der Waals surface area contributed by atoms with Crippen molar-refractivity contribution in [3.63, 3.8) is 0 Å². The van der Waals surface area contributed by atoms with Gasteiger partial charge in [0.2, 0.25) is 5.95 Å². The van der Waals surface area contributed by atoms with E-state index in [0.717, 1.165) is 5.69 Å². The molecule has 0 N–H and O–H groups in total. The van der Waals surface area contributed by atoms with Crippen LogP contribution in [0.5, 0.6) is 0 Å². The SMILES string of the molecule is CC(C)(C)OC(=O)N1CCN(c2nnnn2-c2ccc(C#N)cc2)CC1. The highest BCUT2D eigenvalue weighted by Gasteiger charge is 2.28. The van der Waals surface area contributed by atoms with Crippen LogP contribution < -0.4 is 4.90 Å². The van der Waals surface area contributed by atoms with Gasteiger partial charge in [0, 0.05) is 26.2 Å². The van der Waals surface area contributed by atoms with E-state index in [1.54, 1.807) is 33.8 Å². The van der Waals surface area contributed by atoms with Crippen LogP contribution in [0.1, 0.15) is 26.3 Å². The fourth-order valence-electron chi connectivity index (χ4n) is 2.64.